The molecule has 0 aliphatic heterocycles. The van der Waals surface area contributed by atoms with Gasteiger partial charge in [0, 0.05) is 6.54 Å². The predicted octanol–water partition coefficient (Wildman–Crippen LogP) is 1.12. The van der Waals surface area contributed by atoms with Crippen molar-refractivity contribution in [3.8, 4) is 11.4 Å². The molecular formula is C11H14N4O. The van der Waals surface area contributed by atoms with Gasteiger partial charge in [0.2, 0.25) is 0 Å². The van der Waals surface area contributed by atoms with Crippen LogP contribution in [0.25, 0.3) is 5.69 Å². The fourth-order valence-corrected chi connectivity index (χ4v) is 1.38. The van der Waals surface area contributed by atoms with Crippen LogP contribution in [0.4, 0.5) is 0 Å². The lowest BCUT2D eigenvalue weighted by Crippen LogP contribution is -1.96. The van der Waals surface area contributed by atoms with E-state index in [4.69, 9.17) is 10.5 Å². The first kappa shape index (κ1) is 10.6. The van der Waals surface area contributed by atoms with Gasteiger partial charge in [-0.25, -0.2) is 4.68 Å². The van der Waals surface area contributed by atoms with E-state index in [0.29, 0.717) is 13.2 Å². The molecule has 0 amide bonds. The molecule has 16 heavy (non-hydrogen) atoms. The van der Waals surface area contributed by atoms with Crippen molar-refractivity contribution in [2.24, 2.45) is 5.73 Å². The highest BCUT2D eigenvalue weighted by Gasteiger charge is 2.01. The van der Waals surface area contributed by atoms with Gasteiger partial charge in [-0.05, 0) is 31.2 Å². The van der Waals surface area contributed by atoms with Gasteiger partial charge < -0.3 is 10.5 Å². The Morgan fingerprint density at radius 2 is 2.06 bits per heavy atom. The maximum absolute atomic E-state index is 5.47. The highest BCUT2D eigenvalue weighted by Crippen LogP contribution is 2.14. The van der Waals surface area contributed by atoms with E-state index in [-0.39, 0.29) is 0 Å². The third-order valence-electron chi connectivity index (χ3n) is 2.16. The zero-order chi connectivity index (χ0) is 11.4. The van der Waals surface area contributed by atoms with E-state index < -0.39 is 0 Å². The van der Waals surface area contributed by atoms with Crippen LogP contribution in [0.5, 0.6) is 5.75 Å². The second kappa shape index (κ2) is 4.76. The Hall–Kier alpha value is -1.88. The van der Waals surface area contributed by atoms with Gasteiger partial charge in [-0.1, -0.05) is 5.21 Å². The van der Waals surface area contributed by atoms with Crippen LogP contribution in [-0.2, 0) is 6.54 Å². The summed E-state index contributed by atoms with van der Waals surface area (Å²) in [5, 5.41) is 7.91. The molecule has 0 aliphatic rings. The summed E-state index contributed by atoms with van der Waals surface area (Å²) in [6.07, 6.45) is 1.82. The first-order valence-corrected chi connectivity index (χ1v) is 5.18. The van der Waals surface area contributed by atoms with Gasteiger partial charge in [0.1, 0.15) is 5.75 Å². The first-order chi connectivity index (χ1) is 7.83. The van der Waals surface area contributed by atoms with E-state index >= 15 is 0 Å². The maximum atomic E-state index is 5.47. The number of rotatable bonds is 4. The van der Waals surface area contributed by atoms with Crippen LogP contribution in [0.15, 0.2) is 30.5 Å². The van der Waals surface area contributed by atoms with E-state index in [1.807, 2.05) is 37.4 Å². The normalized spacial score (nSPS) is 10.4. The molecule has 0 unspecified atom stereocenters. The molecule has 2 aromatic rings. The molecular weight excluding hydrogens is 204 g/mol. The zero-order valence-corrected chi connectivity index (χ0v) is 9.13. The SMILES string of the molecule is CCOc1ccc(-n2cc(CN)nn2)cc1. The van der Waals surface area contributed by atoms with Crippen molar-refractivity contribution in [2.75, 3.05) is 6.61 Å². The predicted molar refractivity (Wildman–Crippen MR) is 60.4 cm³/mol. The Morgan fingerprint density at radius 3 is 2.62 bits per heavy atom. The Kier molecular flexibility index (Phi) is 3.16. The van der Waals surface area contributed by atoms with Crippen LogP contribution < -0.4 is 10.5 Å². The second-order valence-electron chi connectivity index (χ2n) is 3.29. The summed E-state index contributed by atoms with van der Waals surface area (Å²) >= 11 is 0. The fraction of sp³-hybridized carbons (Fsp3) is 0.273. The van der Waals surface area contributed by atoms with E-state index in [1.54, 1.807) is 4.68 Å². The molecule has 2 N–H and O–H groups in total. The number of hydrogen-bond acceptors (Lipinski definition) is 4. The summed E-state index contributed by atoms with van der Waals surface area (Å²) in [4.78, 5) is 0. The van der Waals surface area contributed by atoms with Gasteiger partial charge in [0.25, 0.3) is 0 Å². The van der Waals surface area contributed by atoms with Crippen molar-refractivity contribution in [2.45, 2.75) is 13.5 Å². The van der Waals surface area contributed by atoms with Crippen LogP contribution in [0.3, 0.4) is 0 Å². The third kappa shape index (κ3) is 2.20. The van der Waals surface area contributed by atoms with Gasteiger partial charge >= 0.3 is 0 Å². The van der Waals surface area contributed by atoms with Crippen molar-refractivity contribution in [1.29, 1.82) is 0 Å². The van der Waals surface area contributed by atoms with Crippen molar-refractivity contribution >= 4 is 0 Å². The first-order valence-electron chi connectivity index (χ1n) is 5.18. The molecule has 1 heterocycles. The fourth-order valence-electron chi connectivity index (χ4n) is 1.38. The summed E-state index contributed by atoms with van der Waals surface area (Å²) in [7, 11) is 0. The molecule has 0 saturated heterocycles. The average molecular weight is 218 g/mol. The quantitative estimate of drug-likeness (QED) is 0.835. The molecule has 0 aliphatic carbocycles. The maximum Gasteiger partial charge on any atom is 0.119 e. The van der Waals surface area contributed by atoms with Crippen LogP contribution in [0, 0.1) is 0 Å². The van der Waals surface area contributed by atoms with E-state index in [2.05, 4.69) is 10.3 Å². The summed E-state index contributed by atoms with van der Waals surface area (Å²) in [5.74, 6) is 0.852. The molecule has 2 rings (SSSR count). The monoisotopic (exact) mass is 218 g/mol. The minimum atomic E-state index is 0.400. The lowest BCUT2D eigenvalue weighted by molar-refractivity contribution is 0.340. The molecule has 0 bridgehead atoms. The molecule has 0 spiro atoms. The highest BCUT2D eigenvalue weighted by molar-refractivity contribution is 5.36. The van der Waals surface area contributed by atoms with E-state index in [0.717, 1.165) is 17.1 Å². The average Bonchev–Trinajstić information content (AvgIpc) is 2.79. The van der Waals surface area contributed by atoms with Crippen molar-refractivity contribution < 1.29 is 4.74 Å². The second-order valence-corrected chi connectivity index (χ2v) is 3.29. The van der Waals surface area contributed by atoms with E-state index in [9.17, 15) is 0 Å². The molecule has 0 saturated carbocycles. The smallest absolute Gasteiger partial charge is 0.119 e. The van der Waals surface area contributed by atoms with Gasteiger partial charge in [-0.2, -0.15) is 0 Å². The molecule has 1 aromatic heterocycles. The van der Waals surface area contributed by atoms with E-state index in [1.165, 1.54) is 0 Å². The van der Waals surface area contributed by atoms with Crippen LogP contribution >= 0.6 is 0 Å². The molecule has 0 atom stereocenters. The summed E-state index contributed by atoms with van der Waals surface area (Å²) in [6, 6.07) is 7.67. The lowest BCUT2D eigenvalue weighted by Gasteiger charge is -2.04. The van der Waals surface area contributed by atoms with Crippen LogP contribution in [-0.4, -0.2) is 21.6 Å². The Morgan fingerprint density at radius 1 is 1.31 bits per heavy atom. The van der Waals surface area contributed by atoms with Crippen molar-refractivity contribution in [1.82, 2.24) is 15.0 Å². The summed E-state index contributed by atoms with van der Waals surface area (Å²) in [6.45, 7) is 3.02. The molecule has 1 aromatic carbocycles. The third-order valence-corrected chi connectivity index (χ3v) is 2.16. The van der Waals surface area contributed by atoms with Crippen molar-refractivity contribution in [3.05, 3.63) is 36.2 Å². The molecule has 0 fully saturated rings. The van der Waals surface area contributed by atoms with Gasteiger partial charge in [0.05, 0.1) is 24.2 Å². The number of hydrogen-bond donors (Lipinski definition) is 1. The number of aromatic nitrogens is 3. The summed E-state index contributed by atoms with van der Waals surface area (Å²) < 4.78 is 7.05. The Labute approximate surface area is 93.8 Å². The highest BCUT2D eigenvalue weighted by atomic mass is 16.5. The molecule has 5 nitrogen and oxygen atoms in total. The molecule has 0 radical (unpaired) electrons. The van der Waals surface area contributed by atoms with Gasteiger partial charge in [-0.3, -0.25) is 0 Å². The standard InChI is InChI=1S/C11H14N4O/c1-2-16-11-5-3-10(4-6-11)15-8-9(7-12)13-14-15/h3-6,8H,2,7,12H2,1H3. The number of nitrogens with zero attached hydrogens (tertiary/aromatic N) is 3. The number of ether oxygens (including phenoxy) is 1. The van der Waals surface area contributed by atoms with Crippen molar-refractivity contribution in [3.63, 3.8) is 0 Å². The van der Waals surface area contributed by atoms with Crippen LogP contribution in [0.2, 0.25) is 0 Å². The Balaban J connectivity index is 2.20. The van der Waals surface area contributed by atoms with Crippen LogP contribution in [0.1, 0.15) is 12.6 Å². The van der Waals surface area contributed by atoms with Gasteiger partial charge in [0.15, 0.2) is 0 Å². The summed E-state index contributed by atoms with van der Waals surface area (Å²) in [5.41, 5.74) is 7.18. The molecule has 84 valence electrons. The topological polar surface area (TPSA) is 66.0 Å². The number of benzene rings is 1. The largest absolute Gasteiger partial charge is 0.494 e. The zero-order valence-electron chi connectivity index (χ0n) is 9.13. The Bertz CT molecular complexity index is 449. The number of nitrogens with two attached hydrogens (primary N) is 1. The minimum Gasteiger partial charge on any atom is -0.494 e. The molecule has 5 heteroatoms. The minimum absolute atomic E-state index is 0.400. The van der Waals surface area contributed by atoms with Gasteiger partial charge in [-0.15, -0.1) is 5.10 Å². The lowest BCUT2D eigenvalue weighted by atomic mass is 10.3.